The summed E-state index contributed by atoms with van der Waals surface area (Å²) in [5, 5.41) is 0.516. The second-order valence-corrected chi connectivity index (χ2v) is 9.20. The maximum absolute atomic E-state index is 5.89. The maximum atomic E-state index is 5.89. The topological polar surface area (TPSA) is 31.4 Å². The van der Waals surface area contributed by atoms with Crippen LogP contribution in [-0.4, -0.2) is 63.8 Å². The number of likely N-dealkylation sites (tertiary alicyclic amines) is 1. The van der Waals surface area contributed by atoms with Gasteiger partial charge in [-0.1, -0.05) is 12.8 Å². The van der Waals surface area contributed by atoms with Gasteiger partial charge in [-0.3, -0.25) is 9.89 Å². The predicted molar refractivity (Wildman–Crippen MR) is 87.7 cm³/mol. The number of ether oxygens (including phenoxy) is 1. The number of nitrogens with zero attached hydrogens (tertiary/aromatic N) is 3. The average Bonchev–Trinajstić information content (AvgIpc) is 3.15. The van der Waals surface area contributed by atoms with E-state index < -0.39 is 0 Å². The number of hydrogen-bond acceptors (Lipinski definition) is 4. The van der Waals surface area contributed by atoms with E-state index in [-0.39, 0.29) is 0 Å². The standard InChI is InChI=1S/C16H27N3OS/c1-11-16(2,3)21-15-12(13-14(20-13)19(11)15)17-10-18-8-6-4-5-7-9-18/h10-15H,4-9H2,1-3H3. The minimum absolute atomic E-state index is 0.304. The summed E-state index contributed by atoms with van der Waals surface area (Å²) in [7, 11) is 0. The van der Waals surface area contributed by atoms with E-state index in [0.29, 0.717) is 34.5 Å². The normalized spacial score (nSPS) is 45.7. The van der Waals surface area contributed by atoms with Crippen LogP contribution in [0.4, 0.5) is 0 Å². The predicted octanol–water partition coefficient (Wildman–Crippen LogP) is 2.54. The lowest BCUT2D eigenvalue weighted by atomic mass is 10.0. The van der Waals surface area contributed by atoms with E-state index in [1.807, 2.05) is 0 Å². The number of rotatable bonds is 2. The lowest BCUT2D eigenvalue weighted by Crippen LogP contribution is -2.41. The molecule has 0 spiro atoms. The highest BCUT2D eigenvalue weighted by Crippen LogP contribution is 2.56. The minimum atomic E-state index is 0.304. The highest BCUT2D eigenvalue weighted by atomic mass is 32.2. The molecular weight excluding hydrogens is 282 g/mol. The van der Waals surface area contributed by atoms with Gasteiger partial charge in [-0.2, -0.15) is 0 Å². The van der Waals surface area contributed by atoms with Gasteiger partial charge in [0, 0.05) is 23.9 Å². The Bertz CT molecular complexity index is 433. The Morgan fingerprint density at radius 3 is 2.62 bits per heavy atom. The van der Waals surface area contributed by atoms with Gasteiger partial charge in [-0.15, -0.1) is 11.8 Å². The molecule has 4 saturated heterocycles. The molecule has 4 rings (SSSR count). The van der Waals surface area contributed by atoms with Crippen molar-refractivity contribution < 1.29 is 4.74 Å². The van der Waals surface area contributed by atoms with Crippen LogP contribution in [0.2, 0.25) is 0 Å². The van der Waals surface area contributed by atoms with Crippen LogP contribution in [0.15, 0.2) is 4.99 Å². The van der Waals surface area contributed by atoms with Crippen molar-refractivity contribution in [3.8, 4) is 0 Å². The summed E-state index contributed by atoms with van der Waals surface area (Å²) in [6, 6.07) is 0.897. The quantitative estimate of drug-likeness (QED) is 0.446. The molecule has 4 fully saturated rings. The zero-order valence-electron chi connectivity index (χ0n) is 13.4. The maximum Gasteiger partial charge on any atom is 0.141 e. The van der Waals surface area contributed by atoms with E-state index in [0.717, 1.165) is 0 Å². The molecule has 4 aliphatic heterocycles. The Kier molecular flexibility index (Phi) is 3.51. The molecule has 5 atom stereocenters. The van der Waals surface area contributed by atoms with Gasteiger partial charge in [-0.25, -0.2) is 0 Å². The van der Waals surface area contributed by atoms with Crippen molar-refractivity contribution in [2.75, 3.05) is 13.1 Å². The van der Waals surface area contributed by atoms with E-state index in [1.165, 1.54) is 38.8 Å². The van der Waals surface area contributed by atoms with Crippen LogP contribution in [0.1, 0.15) is 46.5 Å². The van der Waals surface area contributed by atoms with Crippen molar-refractivity contribution in [3.63, 3.8) is 0 Å². The van der Waals surface area contributed by atoms with Gasteiger partial charge in [0.05, 0.1) is 11.7 Å². The molecule has 0 bridgehead atoms. The molecule has 4 nitrogen and oxygen atoms in total. The van der Waals surface area contributed by atoms with Crippen molar-refractivity contribution in [1.82, 2.24) is 9.80 Å². The summed E-state index contributed by atoms with van der Waals surface area (Å²) in [5.74, 6) is 0. The third kappa shape index (κ3) is 2.41. The Hall–Kier alpha value is -0.260. The molecule has 0 amide bonds. The minimum Gasteiger partial charge on any atom is -0.363 e. The lowest BCUT2D eigenvalue weighted by Gasteiger charge is -2.26. The molecule has 0 N–H and O–H groups in total. The van der Waals surface area contributed by atoms with Gasteiger partial charge in [0.25, 0.3) is 0 Å². The first-order valence-electron chi connectivity index (χ1n) is 8.46. The second kappa shape index (κ2) is 5.14. The Labute approximate surface area is 132 Å². The zero-order chi connectivity index (χ0) is 14.6. The molecule has 21 heavy (non-hydrogen) atoms. The van der Waals surface area contributed by atoms with Crippen LogP contribution in [0.3, 0.4) is 0 Å². The van der Waals surface area contributed by atoms with Crippen LogP contribution in [0.25, 0.3) is 0 Å². The van der Waals surface area contributed by atoms with Gasteiger partial charge in [0.15, 0.2) is 0 Å². The van der Waals surface area contributed by atoms with Crippen LogP contribution in [0.5, 0.6) is 0 Å². The molecule has 5 heteroatoms. The van der Waals surface area contributed by atoms with Gasteiger partial charge in [0.1, 0.15) is 18.4 Å². The SMILES string of the molecule is CC1N2C3OC3C(N=CN3CCCCCC3)C2SC1(C)C. The molecule has 0 aromatic heterocycles. The van der Waals surface area contributed by atoms with Crippen molar-refractivity contribution in [3.05, 3.63) is 0 Å². The Balaban J connectivity index is 1.46. The van der Waals surface area contributed by atoms with Crippen LogP contribution in [0, 0.1) is 0 Å². The molecule has 0 aromatic carbocycles. The molecule has 0 aliphatic carbocycles. The summed E-state index contributed by atoms with van der Waals surface area (Å²) < 4.78 is 6.19. The van der Waals surface area contributed by atoms with Gasteiger partial charge < -0.3 is 9.64 Å². The molecule has 0 aromatic rings. The van der Waals surface area contributed by atoms with Gasteiger partial charge >= 0.3 is 0 Å². The fraction of sp³-hybridized carbons (Fsp3) is 0.938. The van der Waals surface area contributed by atoms with E-state index >= 15 is 0 Å². The molecule has 118 valence electrons. The molecule has 4 aliphatic rings. The fourth-order valence-corrected chi connectivity index (χ4v) is 5.70. The molecule has 0 radical (unpaired) electrons. The van der Waals surface area contributed by atoms with E-state index in [2.05, 4.69) is 48.7 Å². The summed E-state index contributed by atoms with van der Waals surface area (Å²) in [4.78, 5) is 9.95. The third-order valence-electron chi connectivity index (χ3n) is 5.64. The van der Waals surface area contributed by atoms with Gasteiger partial charge in [0.2, 0.25) is 0 Å². The van der Waals surface area contributed by atoms with Crippen molar-refractivity contribution in [1.29, 1.82) is 0 Å². The number of epoxide rings is 1. The first kappa shape index (κ1) is 14.3. The van der Waals surface area contributed by atoms with Crippen LogP contribution in [-0.2, 0) is 4.74 Å². The number of fused-ring (bicyclic) bond motifs is 3. The van der Waals surface area contributed by atoms with Crippen molar-refractivity contribution >= 4 is 18.1 Å². The lowest BCUT2D eigenvalue weighted by molar-refractivity contribution is 0.103. The fourth-order valence-electron chi connectivity index (χ4n) is 3.97. The van der Waals surface area contributed by atoms with Crippen molar-refractivity contribution in [2.24, 2.45) is 4.99 Å². The summed E-state index contributed by atoms with van der Waals surface area (Å²) >= 11 is 2.09. The number of aliphatic imine (C=N–C) groups is 1. The number of hydrogen-bond donors (Lipinski definition) is 0. The summed E-state index contributed by atoms with van der Waals surface area (Å²) in [5.41, 5.74) is 0. The Morgan fingerprint density at radius 1 is 1.19 bits per heavy atom. The van der Waals surface area contributed by atoms with E-state index in [9.17, 15) is 0 Å². The molecule has 0 saturated carbocycles. The van der Waals surface area contributed by atoms with Gasteiger partial charge in [-0.05, 0) is 33.6 Å². The second-order valence-electron chi connectivity index (χ2n) is 7.43. The highest BCUT2D eigenvalue weighted by molar-refractivity contribution is 8.01. The highest BCUT2D eigenvalue weighted by Gasteiger charge is 2.67. The van der Waals surface area contributed by atoms with Crippen molar-refractivity contribution in [2.45, 2.75) is 81.0 Å². The largest absolute Gasteiger partial charge is 0.363 e. The smallest absolute Gasteiger partial charge is 0.141 e. The first-order valence-corrected chi connectivity index (χ1v) is 9.34. The first-order chi connectivity index (χ1) is 10.1. The average molecular weight is 309 g/mol. The third-order valence-corrected chi connectivity index (χ3v) is 7.35. The van der Waals surface area contributed by atoms with Crippen LogP contribution >= 0.6 is 11.8 Å². The summed E-state index contributed by atoms with van der Waals surface area (Å²) in [6.07, 6.45) is 8.20. The van der Waals surface area contributed by atoms with E-state index in [4.69, 9.17) is 9.73 Å². The molecule has 5 unspecified atom stereocenters. The monoisotopic (exact) mass is 309 g/mol. The summed E-state index contributed by atoms with van der Waals surface area (Å²) in [6.45, 7) is 9.40. The zero-order valence-corrected chi connectivity index (χ0v) is 14.2. The van der Waals surface area contributed by atoms with Crippen LogP contribution < -0.4 is 0 Å². The van der Waals surface area contributed by atoms with E-state index in [1.54, 1.807) is 0 Å². The Morgan fingerprint density at radius 2 is 1.90 bits per heavy atom. The number of thioether (sulfide) groups is 1. The molecular formula is C16H27N3OS. The molecule has 4 heterocycles.